The molecule has 3 rings (SSSR count). The van der Waals surface area contributed by atoms with Gasteiger partial charge in [0.1, 0.15) is 5.75 Å². The predicted molar refractivity (Wildman–Crippen MR) is 76.9 cm³/mol. The van der Waals surface area contributed by atoms with E-state index in [4.69, 9.17) is 0 Å². The van der Waals surface area contributed by atoms with E-state index >= 15 is 0 Å². The molecule has 1 aliphatic rings. The molecule has 0 spiro atoms. The molecule has 21 heavy (non-hydrogen) atoms. The van der Waals surface area contributed by atoms with Crippen LogP contribution in [0.25, 0.3) is 6.08 Å². The van der Waals surface area contributed by atoms with Crippen LogP contribution < -0.4 is 0 Å². The van der Waals surface area contributed by atoms with Gasteiger partial charge in [-0.05, 0) is 6.07 Å². The summed E-state index contributed by atoms with van der Waals surface area (Å²) in [5.74, 6) is -1.11. The lowest BCUT2D eigenvalue weighted by atomic mass is 9.80. The van der Waals surface area contributed by atoms with Gasteiger partial charge in [-0.2, -0.15) is 0 Å². The third kappa shape index (κ3) is 1.66. The Morgan fingerprint density at radius 1 is 1.00 bits per heavy atom. The fourth-order valence-electron chi connectivity index (χ4n) is 2.57. The molecule has 4 nitrogen and oxygen atoms in total. The van der Waals surface area contributed by atoms with Crippen molar-refractivity contribution in [2.24, 2.45) is 0 Å². The van der Waals surface area contributed by atoms with Gasteiger partial charge in [-0.15, -0.1) is 0 Å². The highest BCUT2D eigenvalue weighted by molar-refractivity contribution is 6.30. The van der Waals surface area contributed by atoms with E-state index in [2.05, 4.69) is 6.58 Å². The third-order valence-corrected chi connectivity index (χ3v) is 3.59. The highest BCUT2D eigenvalue weighted by Crippen LogP contribution is 2.35. The van der Waals surface area contributed by atoms with Crippen molar-refractivity contribution in [3.63, 3.8) is 0 Å². The van der Waals surface area contributed by atoms with Gasteiger partial charge in [0.25, 0.3) is 0 Å². The third-order valence-electron chi connectivity index (χ3n) is 3.59. The maximum atomic E-state index is 12.5. The second kappa shape index (κ2) is 4.52. The second-order valence-corrected chi connectivity index (χ2v) is 4.68. The minimum absolute atomic E-state index is 0.0446. The standard InChI is InChI=1S/C17H10O4/c1-2-9-7-12-14(13(8-18)15(9)19)17(21)11-6-4-3-5-10(11)16(12)20/h2-8,19H,1H2. The molecule has 0 saturated carbocycles. The topological polar surface area (TPSA) is 71.4 Å². The maximum Gasteiger partial charge on any atom is 0.195 e. The highest BCUT2D eigenvalue weighted by atomic mass is 16.3. The number of ketones is 2. The first-order valence-electron chi connectivity index (χ1n) is 6.26. The lowest BCUT2D eigenvalue weighted by Crippen LogP contribution is -2.22. The molecule has 0 amide bonds. The second-order valence-electron chi connectivity index (χ2n) is 4.68. The summed E-state index contributed by atoms with van der Waals surface area (Å²) in [6.07, 6.45) is 1.72. The van der Waals surface area contributed by atoms with Crippen molar-refractivity contribution >= 4 is 23.9 Å². The van der Waals surface area contributed by atoms with Crippen molar-refractivity contribution in [1.29, 1.82) is 0 Å². The highest BCUT2D eigenvalue weighted by Gasteiger charge is 2.33. The molecule has 2 aromatic rings. The van der Waals surface area contributed by atoms with Crippen LogP contribution in [-0.4, -0.2) is 23.0 Å². The van der Waals surface area contributed by atoms with E-state index in [0.717, 1.165) is 0 Å². The number of aromatic hydroxyl groups is 1. The SMILES string of the molecule is C=Cc1cc2c(c(C=O)c1O)C(=O)c1ccccc1C2=O. The molecule has 0 bridgehead atoms. The largest absolute Gasteiger partial charge is 0.507 e. The summed E-state index contributed by atoms with van der Waals surface area (Å²) in [4.78, 5) is 36.3. The zero-order chi connectivity index (χ0) is 15.1. The Labute approximate surface area is 120 Å². The van der Waals surface area contributed by atoms with Crippen LogP contribution in [0.3, 0.4) is 0 Å². The summed E-state index contributed by atoms with van der Waals surface area (Å²) in [6.45, 7) is 3.53. The number of hydrogen-bond donors (Lipinski definition) is 1. The number of benzene rings is 2. The van der Waals surface area contributed by atoms with E-state index in [1.807, 2.05) is 0 Å². The van der Waals surface area contributed by atoms with Crippen LogP contribution in [0.5, 0.6) is 5.75 Å². The molecule has 0 atom stereocenters. The summed E-state index contributed by atoms with van der Waals surface area (Å²) >= 11 is 0. The number of carbonyl (C=O) groups excluding carboxylic acids is 3. The van der Waals surface area contributed by atoms with Crippen molar-refractivity contribution in [3.05, 3.63) is 70.3 Å². The molecule has 0 heterocycles. The minimum atomic E-state index is -0.437. The number of phenols is 1. The Morgan fingerprint density at radius 2 is 1.62 bits per heavy atom. The van der Waals surface area contributed by atoms with Gasteiger partial charge < -0.3 is 5.11 Å². The summed E-state index contributed by atoms with van der Waals surface area (Å²) in [7, 11) is 0. The number of aldehydes is 1. The van der Waals surface area contributed by atoms with E-state index in [1.54, 1.807) is 18.2 Å². The fourth-order valence-corrected chi connectivity index (χ4v) is 2.57. The van der Waals surface area contributed by atoms with Crippen molar-refractivity contribution in [2.75, 3.05) is 0 Å². The number of hydrogen-bond acceptors (Lipinski definition) is 4. The van der Waals surface area contributed by atoms with Crippen LogP contribution in [0.4, 0.5) is 0 Å². The Balaban J connectivity index is 2.43. The van der Waals surface area contributed by atoms with Crippen molar-refractivity contribution in [2.45, 2.75) is 0 Å². The van der Waals surface area contributed by atoms with E-state index < -0.39 is 5.78 Å². The van der Waals surface area contributed by atoms with E-state index in [1.165, 1.54) is 18.2 Å². The van der Waals surface area contributed by atoms with Gasteiger partial charge in [-0.3, -0.25) is 14.4 Å². The average molecular weight is 278 g/mol. The summed E-state index contributed by atoms with van der Waals surface area (Å²) in [5.41, 5.74) is 0.688. The quantitative estimate of drug-likeness (QED) is 0.731. The lowest BCUT2D eigenvalue weighted by Gasteiger charge is -2.20. The summed E-state index contributed by atoms with van der Waals surface area (Å²) < 4.78 is 0. The van der Waals surface area contributed by atoms with E-state index in [9.17, 15) is 19.5 Å². The first kappa shape index (κ1) is 13.0. The number of rotatable bonds is 2. The van der Waals surface area contributed by atoms with Gasteiger partial charge in [0.05, 0.1) is 5.56 Å². The number of carbonyl (C=O) groups is 3. The van der Waals surface area contributed by atoms with Crippen LogP contribution >= 0.6 is 0 Å². The van der Waals surface area contributed by atoms with Gasteiger partial charge in [0, 0.05) is 27.8 Å². The van der Waals surface area contributed by atoms with Gasteiger partial charge >= 0.3 is 0 Å². The molecular formula is C17H10O4. The fraction of sp³-hybridized carbons (Fsp3) is 0. The molecule has 4 heteroatoms. The molecule has 102 valence electrons. The van der Waals surface area contributed by atoms with Crippen molar-refractivity contribution in [3.8, 4) is 5.75 Å². The minimum Gasteiger partial charge on any atom is -0.507 e. The normalized spacial score (nSPS) is 12.6. The average Bonchev–Trinajstić information content (AvgIpc) is 2.52. The van der Waals surface area contributed by atoms with Gasteiger partial charge in [-0.1, -0.05) is 36.9 Å². The van der Waals surface area contributed by atoms with Crippen LogP contribution in [0, 0.1) is 0 Å². The molecule has 1 aliphatic carbocycles. The van der Waals surface area contributed by atoms with Crippen LogP contribution in [-0.2, 0) is 0 Å². The molecule has 0 saturated heterocycles. The number of fused-ring (bicyclic) bond motifs is 2. The van der Waals surface area contributed by atoms with E-state index in [-0.39, 0.29) is 39.4 Å². The van der Waals surface area contributed by atoms with Crippen molar-refractivity contribution in [1.82, 2.24) is 0 Å². The monoisotopic (exact) mass is 278 g/mol. The maximum absolute atomic E-state index is 12.5. The molecule has 0 radical (unpaired) electrons. The first-order chi connectivity index (χ1) is 10.1. The van der Waals surface area contributed by atoms with Crippen LogP contribution in [0.1, 0.15) is 47.8 Å². The zero-order valence-corrected chi connectivity index (χ0v) is 10.9. The van der Waals surface area contributed by atoms with Gasteiger partial charge in [-0.25, -0.2) is 0 Å². The molecule has 0 aromatic heterocycles. The Morgan fingerprint density at radius 3 is 2.19 bits per heavy atom. The smallest absolute Gasteiger partial charge is 0.195 e. The Kier molecular flexibility index (Phi) is 2.80. The van der Waals surface area contributed by atoms with E-state index in [0.29, 0.717) is 11.8 Å². The zero-order valence-electron chi connectivity index (χ0n) is 10.9. The molecule has 2 aromatic carbocycles. The number of phenolic OH excluding ortho intramolecular Hbond substituents is 1. The Hall–Kier alpha value is -3.01. The molecule has 0 aliphatic heterocycles. The van der Waals surface area contributed by atoms with Gasteiger partial charge in [0.2, 0.25) is 0 Å². The van der Waals surface area contributed by atoms with Crippen LogP contribution in [0.2, 0.25) is 0 Å². The lowest BCUT2D eigenvalue weighted by molar-refractivity contribution is 0.0975. The summed E-state index contributed by atoms with van der Waals surface area (Å²) in [6, 6.07) is 7.81. The summed E-state index contributed by atoms with van der Waals surface area (Å²) in [5, 5.41) is 10.0. The Bertz CT molecular complexity index is 831. The molecular weight excluding hydrogens is 268 g/mol. The first-order valence-corrected chi connectivity index (χ1v) is 6.26. The van der Waals surface area contributed by atoms with Crippen LogP contribution in [0.15, 0.2) is 36.9 Å². The van der Waals surface area contributed by atoms with Crippen molar-refractivity contribution < 1.29 is 19.5 Å². The predicted octanol–water partition coefficient (Wildman–Crippen LogP) is 2.62. The van der Waals surface area contributed by atoms with Gasteiger partial charge in [0.15, 0.2) is 17.9 Å². The molecule has 0 fully saturated rings. The molecule has 1 N–H and O–H groups in total. The molecule has 0 unspecified atom stereocenters.